The van der Waals surface area contributed by atoms with Crippen LogP contribution in [0.1, 0.15) is 41.8 Å². The molecule has 1 aromatic heterocycles. The van der Waals surface area contributed by atoms with Gasteiger partial charge in [0.2, 0.25) is 5.95 Å². The molecule has 0 atom stereocenters. The molecular formula is C24H24Cl2N4O. The van der Waals surface area contributed by atoms with Gasteiger partial charge in [0, 0.05) is 17.3 Å². The highest BCUT2D eigenvalue weighted by Gasteiger charge is 2.26. The van der Waals surface area contributed by atoms with Crippen LogP contribution >= 0.6 is 23.2 Å². The summed E-state index contributed by atoms with van der Waals surface area (Å²) in [5.74, 6) is 1.000. The Morgan fingerprint density at radius 1 is 1.10 bits per heavy atom. The summed E-state index contributed by atoms with van der Waals surface area (Å²) in [6.45, 7) is 4.51. The van der Waals surface area contributed by atoms with Crippen LogP contribution in [0.2, 0.25) is 5.02 Å². The predicted octanol–water partition coefficient (Wildman–Crippen LogP) is 5.31. The highest BCUT2D eigenvalue weighted by Crippen LogP contribution is 2.38. The summed E-state index contributed by atoms with van der Waals surface area (Å²) in [6.07, 6.45) is 3.32. The fourth-order valence-corrected chi connectivity index (χ4v) is 3.76. The molecule has 7 heteroatoms. The van der Waals surface area contributed by atoms with Crippen LogP contribution in [0, 0.1) is 11.3 Å². The second kappa shape index (κ2) is 10.00. The van der Waals surface area contributed by atoms with E-state index in [2.05, 4.69) is 54.2 Å². The van der Waals surface area contributed by atoms with E-state index in [0.29, 0.717) is 34.8 Å². The van der Waals surface area contributed by atoms with Gasteiger partial charge in [-0.3, -0.25) is 0 Å². The maximum atomic E-state index is 9.57. The van der Waals surface area contributed by atoms with E-state index in [-0.39, 0.29) is 5.41 Å². The number of alkyl halides is 1. The van der Waals surface area contributed by atoms with E-state index in [0.717, 1.165) is 29.7 Å². The van der Waals surface area contributed by atoms with Gasteiger partial charge in [0.05, 0.1) is 16.5 Å². The zero-order valence-electron chi connectivity index (χ0n) is 17.5. The molecule has 0 unspecified atom stereocenters. The molecule has 0 radical (unpaired) electrons. The highest BCUT2D eigenvalue weighted by molar-refractivity contribution is 6.32. The largest absolute Gasteiger partial charge is 0.489 e. The van der Waals surface area contributed by atoms with Crippen LogP contribution in [-0.4, -0.2) is 22.5 Å². The number of halogens is 2. The average Bonchev–Trinajstić information content (AvgIpc) is 2.76. The lowest BCUT2D eigenvalue weighted by atomic mass is 9.77. The summed E-state index contributed by atoms with van der Waals surface area (Å²) in [4.78, 5) is 8.17. The van der Waals surface area contributed by atoms with Gasteiger partial charge in [0.15, 0.2) is 5.75 Å². The van der Waals surface area contributed by atoms with Crippen LogP contribution in [-0.2, 0) is 18.3 Å². The third-order valence-corrected chi connectivity index (χ3v) is 5.72. The van der Waals surface area contributed by atoms with Gasteiger partial charge in [-0.1, -0.05) is 49.7 Å². The molecule has 0 bridgehead atoms. The van der Waals surface area contributed by atoms with Crippen molar-refractivity contribution in [2.45, 2.75) is 32.1 Å². The van der Waals surface area contributed by atoms with E-state index < -0.39 is 0 Å². The molecule has 0 saturated carbocycles. The van der Waals surface area contributed by atoms with Crippen LogP contribution in [0.3, 0.4) is 0 Å². The van der Waals surface area contributed by atoms with Crippen LogP contribution in [0.5, 0.6) is 5.75 Å². The summed E-state index contributed by atoms with van der Waals surface area (Å²) in [5.41, 5.74) is 9.90. The summed E-state index contributed by atoms with van der Waals surface area (Å²) in [6, 6.07) is 16.2. The Morgan fingerprint density at radius 3 is 2.48 bits per heavy atom. The number of benzene rings is 2. The third kappa shape index (κ3) is 5.46. The minimum absolute atomic E-state index is 0.293. The number of nitrogens with zero attached hydrogens (tertiary/aromatic N) is 3. The molecule has 31 heavy (non-hydrogen) atoms. The number of hydrogen-bond donors (Lipinski definition) is 1. The SMILES string of the molecule is CC(C)(c1ccc(CCc2ccnc(N)n2)cc1)c1cc(Cl)c(OCCCl)c(C#N)c1. The molecule has 3 rings (SSSR count). The van der Waals surface area contributed by atoms with E-state index in [9.17, 15) is 5.26 Å². The maximum absolute atomic E-state index is 9.57. The number of hydrogen-bond acceptors (Lipinski definition) is 5. The number of rotatable bonds is 8. The fraction of sp³-hybridized carbons (Fsp3) is 0.292. The third-order valence-electron chi connectivity index (χ3n) is 5.29. The van der Waals surface area contributed by atoms with Gasteiger partial charge >= 0.3 is 0 Å². The van der Waals surface area contributed by atoms with E-state index in [1.54, 1.807) is 6.20 Å². The highest BCUT2D eigenvalue weighted by atomic mass is 35.5. The second-order valence-corrected chi connectivity index (χ2v) is 8.50. The Balaban J connectivity index is 1.80. The molecule has 2 N–H and O–H groups in total. The van der Waals surface area contributed by atoms with Crippen LogP contribution in [0.4, 0.5) is 5.95 Å². The first-order valence-corrected chi connectivity index (χ1v) is 10.9. The van der Waals surface area contributed by atoms with Crippen molar-refractivity contribution < 1.29 is 4.74 Å². The molecule has 0 aliphatic heterocycles. The second-order valence-electron chi connectivity index (χ2n) is 7.71. The van der Waals surface area contributed by atoms with Gasteiger partial charge in [-0.15, -0.1) is 11.6 Å². The molecule has 0 spiro atoms. The Labute approximate surface area is 192 Å². The summed E-state index contributed by atoms with van der Waals surface area (Å²) in [5, 5.41) is 9.98. The van der Waals surface area contributed by atoms with Crippen molar-refractivity contribution in [3.05, 3.63) is 81.6 Å². The quantitative estimate of drug-likeness (QED) is 0.465. The van der Waals surface area contributed by atoms with Crippen molar-refractivity contribution in [1.29, 1.82) is 5.26 Å². The molecule has 0 amide bonds. The first-order chi connectivity index (χ1) is 14.8. The molecule has 3 aromatic rings. The van der Waals surface area contributed by atoms with Crippen LogP contribution < -0.4 is 10.5 Å². The van der Waals surface area contributed by atoms with Crippen molar-refractivity contribution in [1.82, 2.24) is 9.97 Å². The number of nitrogen functional groups attached to an aromatic ring is 1. The molecule has 0 saturated heterocycles. The molecular weight excluding hydrogens is 431 g/mol. The standard InChI is InChI=1S/C24H24Cl2N4O/c1-24(2,19-13-17(15-27)22(21(26)14-19)31-12-10-25)18-6-3-16(4-7-18)5-8-20-9-11-29-23(28)30-20/h3-4,6-7,9,11,13-14H,5,8,10,12H2,1-2H3,(H2,28,29,30). The number of nitrogens with two attached hydrogens (primary N) is 1. The topological polar surface area (TPSA) is 84.8 Å². The normalized spacial score (nSPS) is 11.2. The zero-order chi connectivity index (χ0) is 22.4. The first-order valence-electron chi connectivity index (χ1n) is 9.95. The molecule has 5 nitrogen and oxygen atoms in total. The monoisotopic (exact) mass is 454 g/mol. The predicted molar refractivity (Wildman–Crippen MR) is 125 cm³/mol. The van der Waals surface area contributed by atoms with Crippen molar-refractivity contribution in [2.75, 3.05) is 18.2 Å². The van der Waals surface area contributed by atoms with Crippen molar-refractivity contribution in [3.8, 4) is 11.8 Å². The molecule has 2 aromatic carbocycles. The molecule has 0 aliphatic rings. The molecule has 160 valence electrons. The lowest BCUT2D eigenvalue weighted by molar-refractivity contribution is 0.341. The fourth-order valence-electron chi connectivity index (χ4n) is 3.40. The number of anilines is 1. The van der Waals surface area contributed by atoms with Gasteiger partial charge in [-0.25, -0.2) is 9.97 Å². The minimum Gasteiger partial charge on any atom is -0.489 e. The van der Waals surface area contributed by atoms with Crippen LogP contribution in [0.15, 0.2) is 48.7 Å². The van der Waals surface area contributed by atoms with Crippen molar-refractivity contribution >= 4 is 29.2 Å². The molecule has 1 heterocycles. The Hall–Kier alpha value is -2.81. The van der Waals surface area contributed by atoms with Gasteiger partial charge in [-0.2, -0.15) is 5.26 Å². The number of aromatic nitrogens is 2. The van der Waals surface area contributed by atoms with Crippen molar-refractivity contribution in [3.63, 3.8) is 0 Å². The summed E-state index contributed by atoms with van der Waals surface area (Å²) in [7, 11) is 0. The van der Waals surface area contributed by atoms with Gasteiger partial charge in [0.25, 0.3) is 0 Å². The minimum atomic E-state index is -0.347. The number of aryl methyl sites for hydroxylation is 2. The molecule has 0 aliphatic carbocycles. The number of nitriles is 1. The zero-order valence-corrected chi connectivity index (χ0v) is 19.0. The van der Waals surface area contributed by atoms with E-state index >= 15 is 0 Å². The number of ether oxygens (including phenoxy) is 1. The first kappa shape index (κ1) is 22.9. The Morgan fingerprint density at radius 2 is 1.84 bits per heavy atom. The lowest BCUT2D eigenvalue weighted by Gasteiger charge is -2.27. The lowest BCUT2D eigenvalue weighted by Crippen LogP contribution is -2.19. The van der Waals surface area contributed by atoms with Crippen LogP contribution in [0.25, 0.3) is 0 Å². The average molecular weight is 455 g/mol. The van der Waals surface area contributed by atoms with E-state index in [1.165, 1.54) is 5.56 Å². The Kier molecular flexibility index (Phi) is 7.37. The molecule has 0 fully saturated rings. The van der Waals surface area contributed by atoms with E-state index in [1.807, 2.05) is 18.2 Å². The summed E-state index contributed by atoms with van der Waals surface area (Å²) >= 11 is 12.1. The summed E-state index contributed by atoms with van der Waals surface area (Å²) < 4.78 is 5.56. The smallest absolute Gasteiger partial charge is 0.220 e. The van der Waals surface area contributed by atoms with Crippen molar-refractivity contribution in [2.24, 2.45) is 0 Å². The van der Waals surface area contributed by atoms with Gasteiger partial charge < -0.3 is 10.5 Å². The van der Waals surface area contributed by atoms with E-state index in [4.69, 9.17) is 33.7 Å². The van der Waals surface area contributed by atoms with Gasteiger partial charge in [0.1, 0.15) is 12.7 Å². The maximum Gasteiger partial charge on any atom is 0.220 e. The van der Waals surface area contributed by atoms with Gasteiger partial charge in [-0.05, 0) is 47.7 Å². The Bertz CT molecular complexity index is 1090.